The second-order valence-corrected chi connectivity index (χ2v) is 7.89. The first kappa shape index (κ1) is 19.1. The molecule has 1 aromatic carbocycles. The van der Waals surface area contributed by atoms with Gasteiger partial charge >= 0.3 is 0 Å². The van der Waals surface area contributed by atoms with Gasteiger partial charge < -0.3 is 14.5 Å². The number of hydrogen-bond donors (Lipinski definition) is 0. The van der Waals surface area contributed by atoms with Crippen LogP contribution in [0.5, 0.6) is 0 Å². The van der Waals surface area contributed by atoms with Gasteiger partial charge in [-0.05, 0) is 19.1 Å². The summed E-state index contributed by atoms with van der Waals surface area (Å²) >= 11 is 0. The molecule has 1 aliphatic heterocycles. The van der Waals surface area contributed by atoms with Gasteiger partial charge in [-0.2, -0.15) is 0 Å². The van der Waals surface area contributed by atoms with Crippen molar-refractivity contribution in [2.24, 2.45) is 0 Å². The maximum atomic E-state index is 12.1. The second kappa shape index (κ2) is 7.36. The number of hydrogen-bond acceptors (Lipinski definition) is 7. The van der Waals surface area contributed by atoms with E-state index in [1.165, 1.54) is 19.2 Å². The van der Waals surface area contributed by atoms with Gasteiger partial charge in [-0.3, -0.25) is 14.9 Å². The van der Waals surface area contributed by atoms with Crippen LogP contribution in [-0.2, 0) is 19.4 Å². The number of amides is 1. The molecule has 0 radical (unpaired) electrons. The molecule has 0 aliphatic carbocycles. The molecule has 0 unspecified atom stereocenters. The molecule has 138 valence electrons. The highest BCUT2D eigenvalue weighted by Gasteiger charge is 2.28. The molecule has 1 amide bonds. The van der Waals surface area contributed by atoms with Crippen LogP contribution in [0.25, 0.3) is 0 Å². The van der Waals surface area contributed by atoms with Crippen LogP contribution in [0.4, 0.5) is 11.4 Å². The number of nitrogens with zero attached hydrogens (tertiary/aromatic N) is 3. The highest BCUT2D eigenvalue weighted by molar-refractivity contribution is 7.90. The van der Waals surface area contributed by atoms with Gasteiger partial charge in [0, 0.05) is 45.6 Å². The van der Waals surface area contributed by atoms with Crippen molar-refractivity contribution >= 4 is 27.1 Å². The van der Waals surface area contributed by atoms with Crippen LogP contribution >= 0.6 is 0 Å². The van der Waals surface area contributed by atoms with Crippen LogP contribution in [0.1, 0.15) is 6.92 Å². The molecule has 10 heteroatoms. The third kappa shape index (κ3) is 4.26. The summed E-state index contributed by atoms with van der Waals surface area (Å²) in [7, 11) is -2.06. The Morgan fingerprint density at radius 2 is 1.88 bits per heavy atom. The Morgan fingerprint density at radius 1 is 1.28 bits per heavy atom. The third-order valence-electron chi connectivity index (χ3n) is 4.21. The zero-order valence-corrected chi connectivity index (χ0v) is 15.2. The minimum atomic E-state index is -3.53. The van der Waals surface area contributed by atoms with Gasteiger partial charge in [0.2, 0.25) is 0 Å². The molecule has 9 nitrogen and oxygen atoms in total. The summed E-state index contributed by atoms with van der Waals surface area (Å²) in [5.41, 5.74) is 0.0947. The number of nitro benzene ring substituents is 1. The molecule has 0 spiro atoms. The Bertz CT molecular complexity index is 771. The Kier molecular flexibility index (Phi) is 5.63. The van der Waals surface area contributed by atoms with Crippen molar-refractivity contribution in [3.8, 4) is 0 Å². The van der Waals surface area contributed by atoms with Crippen molar-refractivity contribution in [2.45, 2.75) is 17.9 Å². The fourth-order valence-electron chi connectivity index (χ4n) is 2.67. The Balaban J connectivity index is 2.21. The van der Waals surface area contributed by atoms with Gasteiger partial charge in [0.25, 0.3) is 11.6 Å². The van der Waals surface area contributed by atoms with Gasteiger partial charge in [-0.1, -0.05) is 0 Å². The molecule has 0 bridgehead atoms. The van der Waals surface area contributed by atoms with E-state index in [0.717, 1.165) is 12.3 Å². The van der Waals surface area contributed by atoms with Crippen LogP contribution < -0.4 is 4.90 Å². The fourth-order valence-corrected chi connectivity index (χ4v) is 3.31. The first-order chi connectivity index (χ1) is 11.6. The van der Waals surface area contributed by atoms with E-state index in [0.29, 0.717) is 31.9 Å². The van der Waals surface area contributed by atoms with Crippen molar-refractivity contribution in [3.63, 3.8) is 0 Å². The zero-order valence-electron chi connectivity index (χ0n) is 14.3. The van der Waals surface area contributed by atoms with Gasteiger partial charge in [0.05, 0.1) is 9.82 Å². The van der Waals surface area contributed by atoms with Crippen LogP contribution in [0.15, 0.2) is 23.1 Å². The Hall–Kier alpha value is -2.20. The largest absolute Gasteiger partial charge is 0.372 e. The average molecular weight is 371 g/mol. The number of nitro groups is 1. The summed E-state index contributed by atoms with van der Waals surface area (Å²) < 4.78 is 28.2. The van der Waals surface area contributed by atoms with E-state index in [-0.39, 0.29) is 16.5 Å². The number of piperazine rings is 1. The molecular formula is C15H21N3O6S. The molecule has 1 fully saturated rings. The lowest BCUT2D eigenvalue weighted by Gasteiger charge is -2.36. The molecule has 25 heavy (non-hydrogen) atoms. The monoisotopic (exact) mass is 371 g/mol. The van der Waals surface area contributed by atoms with Crippen LogP contribution in [0, 0.1) is 10.1 Å². The molecule has 0 N–H and O–H groups in total. The Labute approximate surface area is 146 Å². The molecule has 1 aromatic rings. The van der Waals surface area contributed by atoms with Crippen LogP contribution in [-0.4, -0.2) is 69.8 Å². The van der Waals surface area contributed by atoms with Crippen molar-refractivity contribution in [2.75, 3.05) is 44.4 Å². The van der Waals surface area contributed by atoms with E-state index >= 15 is 0 Å². The number of carbonyl (C=O) groups is 1. The maximum absolute atomic E-state index is 12.1. The summed E-state index contributed by atoms with van der Waals surface area (Å²) in [5, 5.41) is 11.3. The molecule has 1 heterocycles. The van der Waals surface area contributed by atoms with Gasteiger partial charge in [-0.15, -0.1) is 0 Å². The number of ether oxygens (including phenoxy) is 1. The number of anilines is 1. The summed E-state index contributed by atoms with van der Waals surface area (Å²) in [6.45, 7) is 3.33. The number of benzene rings is 1. The molecule has 0 aromatic heterocycles. The van der Waals surface area contributed by atoms with Crippen LogP contribution in [0.2, 0.25) is 0 Å². The summed E-state index contributed by atoms with van der Waals surface area (Å²) in [5.74, 6) is -0.121. The van der Waals surface area contributed by atoms with E-state index in [4.69, 9.17) is 4.74 Å². The Morgan fingerprint density at radius 3 is 2.36 bits per heavy atom. The minimum Gasteiger partial charge on any atom is -0.372 e. The number of sulfone groups is 1. The fraction of sp³-hybridized carbons (Fsp3) is 0.533. The van der Waals surface area contributed by atoms with E-state index in [9.17, 15) is 23.3 Å². The quantitative estimate of drug-likeness (QED) is 0.553. The first-order valence-electron chi connectivity index (χ1n) is 7.70. The predicted octanol–water partition coefficient (Wildman–Crippen LogP) is 0.682. The number of rotatable bonds is 5. The van der Waals surface area contributed by atoms with Crippen molar-refractivity contribution in [3.05, 3.63) is 28.3 Å². The van der Waals surface area contributed by atoms with E-state index in [1.54, 1.807) is 16.7 Å². The van der Waals surface area contributed by atoms with E-state index in [1.807, 2.05) is 0 Å². The zero-order chi connectivity index (χ0) is 18.8. The number of carbonyl (C=O) groups excluding carboxylic acids is 1. The molecule has 1 aliphatic rings. The lowest BCUT2D eigenvalue weighted by atomic mass is 10.2. The molecule has 1 atom stereocenters. The van der Waals surface area contributed by atoms with Crippen LogP contribution in [0.3, 0.4) is 0 Å². The number of methoxy groups -OCH3 is 1. The molecular weight excluding hydrogens is 350 g/mol. The summed E-state index contributed by atoms with van der Waals surface area (Å²) in [6, 6.07) is 3.89. The molecule has 0 saturated carbocycles. The topological polar surface area (TPSA) is 110 Å². The lowest BCUT2D eigenvalue weighted by molar-refractivity contribution is -0.384. The standard InChI is InChI=1S/C15H21N3O6S/c1-11(24-2)15(19)17-8-6-16(7-9-17)13-5-4-12(25(3,22)23)10-14(13)18(20)21/h4-5,10-11H,6-9H2,1-3H3/t11-/m1/s1. The summed E-state index contributed by atoms with van der Waals surface area (Å²) in [4.78, 5) is 26.2. The smallest absolute Gasteiger partial charge is 0.293 e. The van der Waals surface area contributed by atoms with Crippen molar-refractivity contribution in [1.29, 1.82) is 0 Å². The SMILES string of the molecule is CO[C@H](C)C(=O)N1CCN(c2ccc(S(C)(=O)=O)cc2[N+](=O)[O-])CC1. The molecule has 2 rings (SSSR count). The normalized spacial score (nSPS) is 16.6. The van der Waals surface area contributed by atoms with Gasteiger partial charge in [-0.25, -0.2) is 8.42 Å². The predicted molar refractivity (Wildman–Crippen MR) is 91.5 cm³/mol. The van der Waals surface area contributed by atoms with E-state index < -0.39 is 20.9 Å². The minimum absolute atomic E-state index is 0.0920. The van der Waals surface area contributed by atoms with Crippen molar-refractivity contribution < 1.29 is 22.9 Å². The third-order valence-corrected chi connectivity index (χ3v) is 5.32. The summed E-state index contributed by atoms with van der Waals surface area (Å²) in [6.07, 6.45) is 0.475. The maximum Gasteiger partial charge on any atom is 0.293 e. The van der Waals surface area contributed by atoms with Crippen molar-refractivity contribution in [1.82, 2.24) is 4.90 Å². The lowest BCUT2D eigenvalue weighted by Crippen LogP contribution is -2.51. The second-order valence-electron chi connectivity index (χ2n) is 5.87. The van der Waals surface area contributed by atoms with Gasteiger partial charge in [0.1, 0.15) is 11.8 Å². The highest BCUT2D eigenvalue weighted by Crippen LogP contribution is 2.31. The first-order valence-corrected chi connectivity index (χ1v) is 9.59. The van der Waals surface area contributed by atoms with E-state index in [2.05, 4.69) is 0 Å². The average Bonchev–Trinajstić information content (AvgIpc) is 2.59. The highest BCUT2D eigenvalue weighted by atomic mass is 32.2. The van der Waals surface area contributed by atoms with Gasteiger partial charge in [0.15, 0.2) is 9.84 Å². The molecule has 1 saturated heterocycles.